The maximum absolute atomic E-state index is 6.41. The highest BCUT2D eigenvalue weighted by atomic mass is 35.5. The number of aromatic nitrogens is 3. The third-order valence-electron chi connectivity index (χ3n) is 5.16. The van der Waals surface area contributed by atoms with Gasteiger partial charge in [0.25, 0.3) is 0 Å². The summed E-state index contributed by atoms with van der Waals surface area (Å²) in [5, 5.41) is 11.7. The SMILES string of the molecule is [B]c1cnn2c(NCc3cccc(NC(=C)c4ccco4)c3)cc(-c3ccccc3Cl)nc12. The Morgan fingerprint density at radius 1 is 1.09 bits per heavy atom. The van der Waals surface area contributed by atoms with E-state index in [1.807, 2.05) is 66.7 Å². The van der Waals surface area contributed by atoms with Crippen LogP contribution < -0.4 is 16.1 Å². The molecule has 2 radical (unpaired) electrons. The summed E-state index contributed by atoms with van der Waals surface area (Å²) in [4.78, 5) is 4.68. The zero-order valence-electron chi connectivity index (χ0n) is 17.6. The molecular weight excluding hydrogens is 433 g/mol. The number of benzene rings is 2. The van der Waals surface area contributed by atoms with Crippen molar-refractivity contribution in [3.63, 3.8) is 0 Å². The first-order valence-electron chi connectivity index (χ1n) is 10.3. The standard InChI is InChI=1S/C25H19BClN5O/c1-16(23-10-5-11-33-23)30-18-7-4-6-17(12-18)14-28-24-13-22(19-8-2-3-9-21(19)27)31-25-20(26)15-29-32(24)25/h2-13,15,28,30H,1,14H2. The maximum Gasteiger partial charge on any atom is 0.150 e. The van der Waals surface area contributed by atoms with E-state index in [0.717, 1.165) is 22.6 Å². The number of nitrogens with zero attached hydrogens (tertiary/aromatic N) is 3. The second-order valence-corrected chi connectivity index (χ2v) is 7.88. The van der Waals surface area contributed by atoms with E-state index >= 15 is 0 Å². The lowest BCUT2D eigenvalue weighted by molar-refractivity contribution is 0.553. The highest BCUT2D eigenvalue weighted by Gasteiger charge is 2.12. The fraction of sp³-hybridized carbons (Fsp3) is 0.0400. The highest BCUT2D eigenvalue weighted by molar-refractivity contribution is 6.36. The molecule has 0 aliphatic carbocycles. The third kappa shape index (κ3) is 4.36. The fourth-order valence-corrected chi connectivity index (χ4v) is 3.78. The van der Waals surface area contributed by atoms with Gasteiger partial charge in [0.05, 0.1) is 17.7 Å². The summed E-state index contributed by atoms with van der Waals surface area (Å²) in [5.74, 6) is 1.45. The Hall–Kier alpha value is -3.97. The molecule has 5 aromatic rings. The molecule has 5 rings (SSSR count). The molecule has 2 N–H and O–H groups in total. The van der Waals surface area contributed by atoms with E-state index in [1.165, 1.54) is 0 Å². The van der Waals surface area contributed by atoms with Gasteiger partial charge in [0.1, 0.15) is 19.4 Å². The Morgan fingerprint density at radius 2 is 1.97 bits per heavy atom. The lowest BCUT2D eigenvalue weighted by Crippen LogP contribution is -2.09. The summed E-state index contributed by atoms with van der Waals surface area (Å²) in [7, 11) is 6.11. The highest BCUT2D eigenvalue weighted by Crippen LogP contribution is 2.28. The number of fused-ring (bicyclic) bond motifs is 1. The van der Waals surface area contributed by atoms with Crippen LogP contribution in [-0.4, -0.2) is 22.4 Å². The average Bonchev–Trinajstić information content (AvgIpc) is 3.49. The van der Waals surface area contributed by atoms with Gasteiger partial charge in [0.2, 0.25) is 0 Å². The molecule has 8 heteroatoms. The molecule has 6 nitrogen and oxygen atoms in total. The minimum Gasteiger partial charge on any atom is -0.463 e. The Bertz CT molecular complexity index is 1440. The molecule has 0 fully saturated rings. The van der Waals surface area contributed by atoms with Crippen LogP contribution in [0.1, 0.15) is 11.3 Å². The van der Waals surface area contributed by atoms with Gasteiger partial charge in [-0.3, -0.25) is 0 Å². The van der Waals surface area contributed by atoms with Crippen LogP contribution in [0.25, 0.3) is 22.6 Å². The van der Waals surface area contributed by atoms with Gasteiger partial charge in [-0.25, -0.2) is 4.98 Å². The lowest BCUT2D eigenvalue weighted by Gasteiger charge is -2.13. The summed E-state index contributed by atoms with van der Waals surface area (Å²) in [6.45, 7) is 4.60. The molecule has 0 unspecified atom stereocenters. The van der Waals surface area contributed by atoms with E-state index in [2.05, 4.69) is 27.3 Å². The second-order valence-electron chi connectivity index (χ2n) is 7.48. The summed E-state index contributed by atoms with van der Waals surface area (Å²) in [6.07, 6.45) is 3.21. The van der Waals surface area contributed by atoms with Crippen molar-refractivity contribution in [2.75, 3.05) is 10.6 Å². The normalized spacial score (nSPS) is 10.9. The van der Waals surface area contributed by atoms with Crippen LogP contribution in [0.5, 0.6) is 0 Å². The summed E-state index contributed by atoms with van der Waals surface area (Å²) in [5.41, 5.74) is 5.28. The second kappa shape index (κ2) is 8.88. The van der Waals surface area contributed by atoms with E-state index in [-0.39, 0.29) is 0 Å². The van der Waals surface area contributed by atoms with Gasteiger partial charge in [0, 0.05) is 35.1 Å². The summed E-state index contributed by atoms with van der Waals surface area (Å²) < 4.78 is 7.08. The predicted octanol–water partition coefficient (Wildman–Crippen LogP) is 5.13. The van der Waals surface area contributed by atoms with Crippen molar-refractivity contribution < 1.29 is 4.42 Å². The van der Waals surface area contributed by atoms with Gasteiger partial charge < -0.3 is 15.1 Å². The van der Waals surface area contributed by atoms with E-state index in [9.17, 15) is 0 Å². The van der Waals surface area contributed by atoms with Gasteiger partial charge in [0.15, 0.2) is 5.65 Å². The number of hydrogen-bond donors (Lipinski definition) is 2. The van der Waals surface area contributed by atoms with Crippen LogP contribution in [0, 0.1) is 0 Å². The molecule has 3 heterocycles. The van der Waals surface area contributed by atoms with Crippen LogP contribution in [0.3, 0.4) is 0 Å². The molecule has 0 aliphatic heterocycles. The molecule has 0 bridgehead atoms. The zero-order valence-corrected chi connectivity index (χ0v) is 18.4. The van der Waals surface area contributed by atoms with Gasteiger partial charge in [-0.2, -0.15) is 9.61 Å². The Kier molecular flexibility index (Phi) is 5.63. The van der Waals surface area contributed by atoms with Crippen LogP contribution in [0.2, 0.25) is 5.02 Å². The molecule has 33 heavy (non-hydrogen) atoms. The van der Waals surface area contributed by atoms with Gasteiger partial charge in [-0.1, -0.05) is 48.5 Å². The van der Waals surface area contributed by atoms with Crippen molar-refractivity contribution in [3.05, 3.63) is 102 Å². The monoisotopic (exact) mass is 451 g/mol. The van der Waals surface area contributed by atoms with E-state index in [1.54, 1.807) is 17.0 Å². The lowest BCUT2D eigenvalue weighted by atomic mass is 10.0. The van der Waals surface area contributed by atoms with E-state index < -0.39 is 0 Å². The largest absolute Gasteiger partial charge is 0.463 e. The van der Waals surface area contributed by atoms with E-state index in [4.69, 9.17) is 23.9 Å². The molecule has 0 saturated carbocycles. The molecule has 2 aromatic carbocycles. The van der Waals surface area contributed by atoms with Crippen molar-refractivity contribution >= 4 is 47.8 Å². The Balaban J connectivity index is 1.41. The molecule has 0 saturated heterocycles. The van der Waals surface area contributed by atoms with Crippen molar-refractivity contribution in [1.82, 2.24) is 14.6 Å². The van der Waals surface area contributed by atoms with Crippen LogP contribution in [0.15, 0.2) is 90.2 Å². The Morgan fingerprint density at radius 3 is 2.79 bits per heavy atom. The summed E-state index contributed by atoms with van der Waals surface area (Å²) in [6, 6.07) is 21.2. The topological polar surface area (TPSA) is 67.4 Å². The van der Waals surface area contributed by atoms with Crippen molar-refractivity contribution in [3.8, 4) is 11.3 Å². The predicted molar refractivity (Wildman–Crippen MR) is 134 cm³/mol. The van der Waals surface area contributed by atoms with Crippen molar-refractivity contribution in [2.45, 2.75) is 6.54 Å². The van der Waals surface area contributed by atoms with Gasteiger partial charge in [-0.15, -0.1) is 0 Å². The number of hydrogen-bond acceptors (Lipinski definition) is 5. The number of nitrogens with one attached hydrogen (secondary N) is 2. The molecule has 160 valence electrons. The third-order valence-corrected chi connectivity index (χ3v) is 5.49. The van der Waals surface area contributed by atoms with Crippen LogP contribution in [-0.2, 0) is 6.54 Å². The minimum absolute atomic E-state index is 0.495. The molecule has 0 spiro atoms. The fourth-order valence-electron chi connectivity index (χ4n) is 3.55. The van der Waals surface area contributed by atoms with Crippen molar-refractivity contribution in [2.24, 2.45) is 0 Å². The van der Waals surface area contributed by atoms with Crippen molar-refractivity contribution in [1.29, 1.82) is 0 Å². The Labute approximate surface area is 197 Å². The molecular formula is C25H19BClN5O. The van der Waals surface area contributed by atoms with Gasteiger partial charge >= 0.3 is 0 Å². The quantitative estimate of drug-likeness (QED) is 0.336. The summed E-state index contributed by atoms with van der Waals surface area (Å²) >= 11 is 6.41. The smallest absolute Gasteiger partial charge is 0.150 e. The number of halogens is 1. The molecule has 0 amide bonds. The molecule has 3 aromatic heterocycles. The number of anilines is 2. The first-order chi connectivity index (χ1) is 16.1. The zero-order chi connectivity index (χ0) is 22.8. The number of furan rings is 1. The van der Waals surface area contributed by atoms with Crippen LogP contribution in [0.4, 0.5) is 11.5 Å². The van der Waals surface area contributed by atoms with Gasteiger partial charge in [-0.05, 0) is 41.4 Å². The first kappa shape index (κ1) is 20.9. The van der Waals surface area contributed by atoms with Crippen LogP contribution >= 0.6 is 11.6 Å². The maximum atomic E-state index is 6.41. The first-order valence-corrected chi connectivity index (χ1v) is 10.7. The molecule has 0 aliphatic rings. The van der Waals surface area contributed by atoms with E-state index in [0.29, 0.717) is 39.8 Å². The number of rotatable bonds is 7. The average molecular weight is 452 g/mol. The molecule has 0 atom stereocenters. The minimum atomic E-state index is 0.495.